The zero-order valence-corrected chi connectivity index (χ0v) is 28.5. The Kier molecular flexibility index (Phi) is 8.49. The van der Waals surface area contributed by atoms with E-state index in [1.807, 2.05) is 36.4 Å². The van der Waals surface area contributed by atoms with Gasteiger partial charge in [0.1, 0.15) is 22.2 Å². The molecule has 8 aromatic rings. The summed E-state index contributed by atoms with van der Waals surface area (Å²) in [6.07, 6.45) is 1.77. The van der Waals surface area contributed by atoms with Crippen molar-refractivity contribution in [2.45, 2.75) is 13.8 Å². The topological polar surface area (TPSA) is 35.0 Å². The van der Waals surface area contributed by atoms with Gasteiger partial charge in [-0.3, -0.25) is 0 Å². The third-order valence-electron chi connectivity index (χ3n) is 8.73. The molecule has 0 spiro atoms. The number of benzene rings is 6. The number of thiazole rings is 1. The maximum absolute atomic E-state index is 6.72. The molecule has 0 saturated carbocycles. The van der Waals surface area contributed by atoms with Gasteiger partial charge in [0.25, 0.3) is 0 Å². The van der Waals surface area contributed by atoms with E-state index in [9.17, 15) is 0 Å². The van der Waals surface area contributed by atoms with Gasteiger partial charge in [0.05, 0.1) is 10.2 Å². The van der Waals surface area contributed by atoms with Crippen LogP contribution < -0.4 is 4.74 Å². The van der Waals surface area contributed by atoms with Gasteiger partial charge in [0.2, 0.25) is 0 Å². The second kappa shape index (κ2) is 13.7. The standard InChI is InChI=1S/C46H32N2OS/c1-31-13-11-14-32(2)45(31)35-27-36(46-48-43-22-7-8-23-44(43)50-46)30-39(29-35)49-38-18-12-16-34(28-38)41-20-5-6-21-42(41)40-19-4-3-15-33(40)24-25-37-17-9-10-26-47-37/h3-23,26-30H,1-2H3. The molecule has 0 aliphatic carbocycles. The van der Waals surface area contributed by atoms with Crippen LogP contribution in [0.1, 0.15) is 22.4 Å². The first-order valence-electron chi connectivity index (χ1n) is 16.6. The minimum absolute atomic E-state index is 0.744. The maximum Gasteiger partial charge on any atom is 0.128 e. The van der Waals surface area contributed by atoms with Gasteiger partial charge in [-0.25, -0.2) is 9.97 Å². The zero-order valence-electron chi connectivity index (χ0n) is 27.7. The molecule has 0 radical (unpaired) electrons. The van der Waals surface area contributed by atoms with E-state index >= 15 is 0 Å². The summed E-state index contributed by atoms with van der Waals surface area (Å²) in [6.45, 7) is 4.33. The third kappa shape index (κ3) is 6.43. The van der Waals surface area contributed by atoms with E-state index in [2.05, 4.69) is 146 Å². The van der Waals surface area contributed by atoms with E-state index in [1.165, 1.54) is 16.7 Å². The highest BCUT2D eigenvalue weighted by atomic mass is 32.1. The monoisotopic (exact) mass is 660 g/mol. The van der Waals surface area contributed by atoms with Gasteiger partial charge in [-0.05, 0) is 125 Å². The first-order chi connectivity index (χ1) is 24.6. The summed E-state index contributed by atoms with van der Waals surface area (Å²) in [5.74, 6) is 8.11. The number of pyridine rings is 1. The Morgan fingerprint density at radius 1 is 0.540 bits per heavy atom. The smallest absolute Gasteiger partial charge is 0.128 e. The molecule has 0 fully saturated rings. The van der Waals surface area contributed by atoms with Crippen molar-refractivity contribution >= 4 is 21.6 Å². The lowest BCUT2D eigenvalue weighted by molar-refractivity contribution is 0.483. The van der Waals surface area contributed by atoms with Gasteiger partial charge in [0.15, 0.2) is 0 Å². The third-order valence-corrected chi connectivity index (χ3v) is 9.82. The highest BCUT2D eigenvalue weighted by molar-refractivity contribution is 7.21. The van der Waals surface area contributed by atoms with Crippen LogP contribution in [0.4, 0.5) is 0 Å². The summed E-state index contributed by atoms with van der Waals surface area (Å²) in [7, 11) is 0. The van der Waals surface area contributed by atoms with Crippen molar-refractivity contribution in [1.29, 1.82) is 0 Å². The van der Waals surface area contributed by atoms with Gasteiger partial charge in [-0.1, -0.05) is 96.9 Å². The first-order valence-corrected chi connectivity index (χ1v) is 17.4. The molecule has 0 N–H and O–H groups in total. The van der Waals surface area contributed by atoms with E-state index < -0.39 is 0 Å². The van der Waals surface area contributed by atoms with E-state index in [4.69, 9.17) is 9.72 Å². The first kappa shape index (κ1) is 31.0. The molecule has 238 valence electrons. The van der Waals surface area contributed by atoms with Gasteiger partial charge in [0, 0.05) is 17.3 Å². The Hall–Kier alpha value is -6.28. The van der Waals surface area contributed by atoms with Crippen LogP contribution in [0.25, 0.3) is 54.2 Å². The zero-order chi connectivity index (χ0) is 33.9. The molecule has 2 aromatic heterocycles. The van der Waals surface area contributed by atoms with E-state index in [-0.39, 0.29) is 0 Å². The number of rotatable bonds is 6. The molecular formula is C46H32N2OS. The van der Waals surface area contributed by atoms with Crippen molar-refractivity contribution in [2.24, 2.45) is 0 Å². The Labute approximate surface area is 296 Å². The fourth-order valence-electron chi connectivity index (χ4n) is 6.42. The van der Waals surface area contributed by atoms with Crippen molar-refractivity contribution in [2.75, 3.05) is 0 Å². The largest absolute Gasteiger partial charge is 0.457 e. The molecule has 3 nitrogen and oxygen atoms in total. The van der Waals surface area contributed by atoms with Crippen LogP contribution in [0.3, 0.4) is 0 Å². The van der Waals surface area contributed by atoms with Crippen molar-refractivity contribution in [1.82, 2.24) is 9.97 Å². The number of aromatic nitrogens is 2. The summed E-state index contributed by atoms with van der Waals surface area (Å²) < 4.78 is 7.89. The summed E-state index contributed by atoms with van der Waals surface area (Å²) in [6, 6.07) is 52.0. The quantitative estimate of drug-likeness (QED) is 0.167. The SMILES string of the molecule is Cc1cccc(C)c1-c1cc(Oc2cccc(-c3ccccc3-c3ccccc3C#Cc3ccccn3)c2)cc(-c2nc3ccccc3s2)c1. The minimum Gasteiger partial charge on any atom is -0.457 e. The predicted octanol–water partition coefficient (Wildman–Crippen LogP) is 12.2. The molecule has 8 rings (SSSR count). The number of para-hydroxylation sites is 1. The molecule has 6 aromatic carbocycles. The molecule has 2 heterocycles. The van der Waals surface area contributed by atoms with Crippen LogP contribution in [0.2, 0.25) is 0 Å². The van der Waals surface area contributed by atoms with E-state index in [0.717, 1.165) is 71.4 Å². The van der Waals surface area contributed by atoms with Crippen molar-refractivity contribution in [3.05, 3.63) is 180 Å². The molecule has 0 atom stereocenters. The molecule has 0 bridgehead atoms. The maximum atomic E-state index is 6.72. The molecule has 0 unspecified atom stereocenters. The Morgan fingerprint density at radius 3 is 2.06 bits per heavy atom. The van der Waals surface area contributed by atoms with Crippen LogP contribution >= 0.6 is 11.3 Å². The summed E-state index contributed by atoms with van der Waals surface area (Å²) in [4.78, 5) is 9.37. The van der Waals surface area contributed by atoms with Gasteiger partial charge >= 0.3 is 0 Å². The lowest BCUT2D eigenvalue weighted by atomic mass is 9.92. The van der Waals surface area contributed by atoms with Gasteiger partial charge < -0.3 is 4.74 Å². The van der Waals surface area contributed by atoms with Crippen LogP contribution in [-0.2, 0) is 0 Å². The van der Waals surface area contributed by atoms with Crippen molar-refractivity contribution in [3.63, 3.8) is 0 Å². The lowest BCUT2D eigenvalue weighted by Gasteiger charge is -2.15. The lowest BCUT2D eigenvalue weighted by Crippen LogP contribution is -1.92. The molecule has 0 saturated heterocycles. The fourth-order valence-corrected chi connectivity index (χ4v) is 7.37. The minimum atomic E-state index is 0.744. The van der Waals surface area contributed by atoms with Crippen molar-refractivity contribution < 1.29 is 4.74 Å². The molecule has 0 amide bonds. The molecule has 0 aliphatic rings. The number of nitrogens with zero attached hydrogens (tertiary/aromatic N) is 2. The van der Waals surface area contributed by atoms with Crippen LogP contribution in [-0.4, -0.2) is 9.97 Å². The van der Waals surface area contributed by atoms with Crippen LogP contribution in [0, 0.1) is 25.7 Å². The average molecular weight is 661 g/mol. The van der Waals surface area contributed by atoms with E-state index in [0.29, 0.717) is 0 Å². The summed E-state index contributed by atoms with van der Waals surface area (Å²) in [5, 5.41) is 0.969. The van der Waals surface area contributed by atoms with Gasteiger partial charge in [-0.15, -0.1) is 11.3 Å². The van der Waals surface area contributed by atoms with Crippen LogP contribution in [0.15, 0.2) is 158 Å². The number of fused-ring (bicyclic) bond motifs is 1. The van der Waals surface area contributed by atoms with Crippen LogP contribution in [0.5, 0.6) is 11.5 Å². The average Bonchev–Trinajstić information content (AvgIpc) is 3.59. The summed E-state index contributed by atoms with van der Waals surface area (Å²) in [5.41, 5.74) is 12.8. The van der Waals surface area contributed by atoms with Crippen molar-refractivity contribution in [3.8, 4) is 67.3 Å². The van der Waals surface area contributed by atoms with E-state index in [1.54, 1.807) is 17.5 Å². The molecule has 0 aliphatic heterocycles. The Balaban J connectivity index is 1.18. The second-order valence-electron chi connectivity index (χ2n) is 12.2. The normalized spacial score (nSPS) is 10.8. The van der Waals surface area contributed by atoms with Gasteiger partial charge in [-0.2, -0.15) is 0 Å². The highest BCUT2D eigenvalue weighted by Crippen LogP contribution is 2.40. The number of ether oxygens (including phenoxy) is 1. The summed E-state index contributed by atoms with van der Waals surface area (Å²) >= 11 is 1.70. The molecule has 50 heavy (non-hydrogen) atoms. The highest BCUT2D eigenvalue weighted by Gasteiger charge is 2.15. The Morgan fingerprint density at radius 2 is 1.24 bits per heavy atom. The number of hydrogen-bond acceptors (Lipinski definition) is 4. The Bertz CT molecular complexity index is 2500. The second-order valence-corrected chi connectivity index (χ2v) is 13.2. The predicted molar refractivity (Wildman–Crippen MR) is 208 cm³/mol. The molecule has 4 heteroatoms. The fraction of sp³-hybridized carbons (Fsp3) is 0.0435. The number of hydrogen-bond donors (Lipinski definition) is 0. The molecular weight excluding hydrogens is 629 g/mol. The number of aryl methyl sites for hydroxylation is 2.